The molecule has 0 aromatic rings. The van der Waals surface area contributed by atoms with Crippen molar-refractivity contribution in [2.75, 3.05) is 0 Å². The molecule has 5 nitrogen and oxygen atoms in total. The number of aliphatic carboxylic acids is 2. The van der Waals surface area contributed by atoms with E-state index >= 15 is 0 Å². The van der Waals surface area contributed by atoms with E-state index in [0.29, 0.717) is 0 Å². The predicted molar refractivity (Wildman–Crippen MR) is 30.2 cm³/mol. The molecule has 0 saturated carbocycles. The van der Waals surface area contributed by atoms with Crippen molar-refractivity contribution in [3.05, 3.63) is 0 Å². The van der Waals surface area contributed by atoms with Crippen molar-refractivity contribution in [3.8, 4) is 0 Å². The zero-order chi connectivity index (χ0) is 7.15. The fraction of sp³-hybridized carbons (Fsp3) is 0.500. The van der Waals surface area contributed by atoms with Crippen LogP contribution in [-0.4, -0.2) is 27.6 Å². The van der Waals surface area contributed by atoms with Gasteiger partial charge in [0, 0.05) is 30.9 Å². The fourth-order valence-corrected chi connectivity index (χ4v) is 0. The normalized spacial score (nSPS) is 5.00. The zero-order valence-corrected chi connectivity index (χ0v) is 6.77. The Morgan fingerprint density at radius 2 is 1.00 bits per heavy atom. The molecule has 10 heavy (non-hydrogen) atoms. The molecular formula is C4H10MnO5. The predicted octanol–water partition coefficient (Wildman–Crippen LogP) is -0.645. The van der Waals surface area contributed by atoms with Crippen molar-refractivity contribution in [1.82, 2.24) is 0 Å². The Bertz CT molecular complexity index is 71.6. The van der Waals surface area contributed by atoms with Crippen molar-refractivity contribution in [3.63, 3.8) is 0 Å². The van der Waals surface area contributed by atoms with Gasteiger partial charge in [-0.15, -0.1) is 0 Å². The van der Waals surface area contributed by atoms with Crippen LogP contribution in [0.25, 0.3) is 0 Å². The first-order valence-electron chi connectivity index (χ1n) is 1.86. The van der Waals surface area contributed by atoms with Crippen molar-refractivity contribution in [1.29, 1.82) is 0 Å². The molecule has 0 aromatic heterocycles. The first-order valence-corrected chi connectivity index (χ1v) is 1.86. The Labute approximate surface area is 68.8 Å². The van der Waals surface area contributed by atoms with Gasteiger partial charge >= 0.3 is 0 Å². The summed E-state index contributed by atoms with van der Waals surface area (Å²) in [5.74, 6) is -1.67. The van der Waals surface area contributed by atoms with Crippen molar-refractivity contribution in [2.45, 2.75) is 13.8 Å². The monoisotopic (exact) mass is 193 g/mol. The third-order valence-electron chi connectivity index (χ3n) is 0. The number of rotatable bonds is 0. The molecule has 0 aliphatic carbocycles. The minimum absolute atomic E-state index is 0. The van der Waals surface area contributed by atoms with Crippen LogP contribution in [0.2, 0.25) is 0 Å². The van der Waals surface area contributed by atoms with E-state index in [2.05, 4.69) is 0 Å². The van der Waals surface area contributed by atoms with E-state index in [4.69, 9.17) is 19.8 Å². The Morgan fingerprint density at radius 1 is 1.00 bits per heavy atom. The minimum Gasteiger partial charge on any atom is -0.481 e. The van der Waals surface area contributed by atoms with Gasteiger partial charge in [0.05, 0.1) is 0 Å². The van der Waals surface area contributed by atoms with Gasteiger partial charge in [-0.3, -0.25) is 9.59 Å². The largest absolute Gasteiger partial charge is 0.481 e. The Hall–Kier alpha value is -0.581. The van der Waals surface area contributed by atoms with E-state index in [1.165, 1.54) is 0 Å². The summed E-state index contributed by atoms with van der Waals surface area (Å²) in [6.07, 6.45) is 0. The van der Waals surface area contributed by atoms with E-state index in [0.717, 1.165) is 13.8 Å². The van der Waals surface area contributed by atoms with Gasteiger partial charge in [0.25, 0.3) is 11.9 Å². The molecule has 0 aromatic carbocycles. The van der Waals surface area contributed by atoms with Crippen LogP contribution in [0, 0.1) is 0 Å². The van der Waals surface area contributed by atoms with Crippen molar-refractivity contribution < 1.29 is 42.3 Å². The van der Waals surface area contributed by atoms with E-state index in [9.17, 15) is 0 Å². The second-order valence-corrected chi connectivity index (χ2v) is 1.04. The van der Waals surface area contributed by atoms with Crippen LogP contribution < -0.4 is 0 Å². The summed E-state index contributed by atoms with van der Waals surface area (Å²) >= 11 is 0. The molecule has 0 saturated heterocycles. The van der Waals surface area contributed by atoms with Crippen LogP contribution in [0.1, 0.15) is 13.8 Å². The van der Waals surface area contributed by atoms with Gasteiger partial charge in [-0.25, -0.2) is 0 Å². The minimum atomic E-state index is -0.833. The first-order chi connectivity index (χ1) is 3.46. The third-order valence-corrected chi connectivity index (χ3v) is 0. The van der Waals surface area contributed by atoms with E-state index < -0.39 is 11.9 Å². The second-order valence-electron chi connectivity index (χ2n) is 1.04. The number of hydrogen-bond acceptors (Lipinski definition) is 2. The maximum Gasteiger partial charge on any atom is 0.300 e. The summed E-state index contributed by atoms with van der Waals surface area (Å²) in [5, 5.41) is 14.8. The number of carbonyl (C=O) groups is 2. The molecule has 0 aliphatic heterocycles. The van der Waals surface area contributed by atoms with Crippen LogP contribution in [0.15, 0.2) is 0 Å². The van der Waals surface area contributed by atoms with E-state index in [-0.39, 0.29) is 22.5 Å². The van der Waals surface area contributed by atoms with Gasteiger partial charge in [0.1, 0.15) is 0 Å². The third kappa shape index (κ3) is 907. The molecule has 0 bridgehead atoms. The molecule has 0 aliphatic rings. The van der Waals surface area contributed by atoms with Crippen LogP contribution in [0.3, 0.4) is 0 Å². The average molecular weight is 193 g/mol. The van der Waals surface area contributed by atoms with Crippen LogP contribution in [-0.2, 0) is 26.7 Å². The molecule has 0 unspecified atom stereocenters. The molecule has 0 rings (SSSR count). The van der Waals surface area contributed by atoms with Crippen molar-refractivity contribution in [2.24, 2.45) is 0 Å². The molecule has 0 fully saturated rings. The van der Waals surface area contributed by atoms with Gasteiger partial charge < -0.3 is 15.7 Å². The summed E-state index contributed by atoms with van der Waals surface area (Å²) in [6, 6.07) is 0. The molecule has 1 radical (unpaired) electrons. The molecule has 0 spiro atoms. The molecular weight excluding hydrogens is 183 g/mol. The fourth-order valence-electron chi connectivity index (χ4n) is 0. The van der Waals surface area contributed by atoms with E-state index in [1.807, 2.05) is 0 Å². The SMILES string of the molecule is CC(=O)O.CC(=O)O.O.[Mn]. The Balaban J connectivity index is -0.0000000300. The number of carboxylic acids is 2. The smallest absolute Gasteiger partial charge is 0.300 e. The van der Waals surface area contributed by atoms with Gasteiger partial charge in [-0.2, -0.15) is 0 Å². The maximum atomic E-state index is 9.00. The molecule has 4 N–H and O–H groups in total. The zero-order valence-electron chi connectivity index (χ0n) is 5.59. The summed E-state index contributed by atoms with van der Waals surface area (Å²) in [6.45, 7) is 2.17. The van der Waals surface area contributed by atoms with Crippen LogP contribution >= 0.6 is 0 Å². The average Bonchev–Trinajstić information content (AvgIpc) is 1.25. The van der Waals surface area contributed by atoms with E-state index in [1.54, 1.807) is 0 Å². The van der Waals surface area contributed by atoms with Gasteiger partial charge in [-0.05, 0) is 0 Å². The van der Waals surface area contributed by atoms with Gasteiger partial charge in [-0.1, -0.05) is 0 Å². The topological polar surface area (TPSA) is 106 Å². The number of hydrogen-bond donors (Lipinski definition) is 2. The summed E-state index contributed by atoms with van der Waals surface area (Å²) in [7, 11) is 0. The summed E-state index contributed by atoms with van der Waals surface area (Å²) < 4.78 is 0. The van der Waals surface area contributed by atoms with Gasteiger partial charge in [0.2, 0.25) is 0 Å². The van der Waals surface area contributed by atoms with Crippen molar-refractivity contribution >= 4 is 11.9 Å². The second kappa shape index (κ2) is 15.8. The Morgan fingerprint density at radius 3 is 1.00 bits per heavy atom. The first kappa shape index (κ1) is 22.7. The summed E-state index contributed by atoms with van der Waals surface area (Å²) in [5.41, 5.74) is 0. The van der Waals surface area contributed by atoms with Crippen LogP contribution in [0.4, 0.5) is 0 Å². The molecule has 0 atom stereocenters. The van der Waals surface area contributed by atoms with Gasteiger partial charge in [0.15, 0.2) is 0 Å². The number of carboxylic acid groups (broad SMARTS) is 2. The Kier molecular flexibility index (Phi) is 35.9. The quantitative estimate of drug-likeness (QED) is 0.498. The molecule has 6 heteroatoms. The van der Waals surface area contributed by atoms with Crippen LogP contribution in [0.5, 0.6) is 0 Å². The molecule has 0 heterocycles. The molecule has 63 valence electrons. The maximum absolute atomic E-state index is 9.00. The standard InChI is InChI=1S/2C2H4O2.Mn.H2O/c2*1-2(3)4;;/h2*1H3,(H,3,4);;1H2. The molecule has 0 amide bonds. The summed E-state index contributed by atoms with van der Waals surface area (Å²) in [4.78, 5) is 18.0.